The van der Waals surface area contributed by atoms with Crippen LogP contribution in [0.2, 0.25) is 0 Å². The van der Waals surface area contributed by atoms with Gasteiger partial charge in [-0.25, -0.2) is 4.98 Å². The zero-order valence-corrected chi connectivity index (χ0v) is 9.66. The summed E-state index contributed by atoms with van der Waals surface area (Å²) in [5.41, 5.74) is 6.17. The van der Waals surface area contributed by atoms with E-state index in [0.29, 0.717) is 5.69 Å². The minimum Gasteiger partial charge on any atom is -0.368 e. The first-order valence-corrected chi connectivity index (χ1v) is 5.62. The maximum Gasteiger partial charge on any atom is 0.395 e. The highest BCUT2D eigenvalue weighted by atomic mass is 19.4. The summed E-state index contributed by atoms with van der Waals surface area (Å²) in [4.78, 5) is 20.8. The molecule has 2 aliphatic rings. The van der Waals surface area contributed by atoms with Crippen molar-refractivity contribution in [3.05, 3.63) is 11.3 Å². The van der Waals surface area contributed by atoms with Gasteiger partial charge in [0.15, 0.2) is 0 Å². The third-order valence-electron chi connectivity index (χ3n) is 3.27. The zero-order chi connectivity index (χ0) is 13.8. The van der Waals surface area contributed by atoms with Crippen LogP contribution in [-0.4, -0.2) is 35.1 Å². The lowest BCUT2D eigenvalue weighted by atomic mass is 9.99. The van der Waals surface area contributed by atoms with E-state index < -0.39 is 12.1 Å². The predicted molar refractivity (Wildman–Crippen MR) is 59.4 cm³/mol. The standard InChI is InChI=1S/C10H10F3N5O/c11-10(12,13)4-2-18(3-4)7-6-5(1-15-8(6)19)16-9(14)17-7/h4H,1-3H2,(H,15,19)(H2,14,16,17). The van der Waals surface area contributed by atoms with Crippen LogP contribution in [0.1, 0.15) is 16.1 Å². The van der Waals surface area contributed by atoms with E-state index in [2.05, 4.69) is 15.3 Å². The zero-order valence-electron chi connectivity index (χ0n) is 9.66. The Hall–Kier alpha value is -2.06. The molecule has 9 heteroatoms. The molecule has 0 bridgehead atoms. The summed E-state index contributed by atoms with van der Waals surface area (Å²) >= 11 is 0. The number of nitrogens with one attached hydrogen (secondary N) is 1. The van der Waals surface area contributed by atoms with Crippen LogP contribution in [0.4, 0.5) is 24.9 Å². The van der Waals surface area contributed by atoms with Crippen LogP contribution in [0.15, 0.2) is 0 Å². The molecule has 0 unspecified atom stereocenters. The van der Waals surface area contributed by atoms with Gasteiger partial charge in [-0.05, 0) is 0 Å². The monoisotopic (exact) mass is 273 g/mol. The fourth-order valence-electron chi connectivity index (χ4n) is 2.21. The number of hydrogen-bond acceptors (Lipinski definition) is 5. The number of rotatable bonds is 1. The fourth-order valence-corrected chi connectivity index (χ4v) is 2.21. The Labute approximate surface area is 105 Å². The molecule has 0 radical (unpaired) electrons. The Morgan fingerprint density at radius 2 is 2.00 bits per heavy atom. The first kappa shape index (κ1) is 12.0. The van der Waals surface area contributed by atoms with Crippen LogP contribution < -0.4 is 16.0 Å². The molecule has 1 aromatic rings. The smallest absolute Gasteiger partial charge is 0.368 e. The van der Waals surface area contributed by atoms with Crippen LogP contribution in [0.25, 0.3) is 0 Å². The molecular weight excluding hydrogens is 263 g/mol. The molecule has 19 heavy (non-hydrogen) atoms. The summed E-state index contributed by atoms with van der Waals surface area (Å²) in [5, 5.41) is 2.55. The van der Waals surface area contributed by atoms with Gasteiger partial charge in [0.2, 0.25) is 5.95 Å². The summed E-state index contributed by atoms with van der Waals surface area (Å²) in [6, 6.07) is 0. The number of nitrogens with two attached hydrogens (primary N) is 1. The van der Waals surface area contributed by atoms with Gasteiger partial charge in [-0.15, -0.1) is 0 Å². The molecular formula is C10H10F3N5O. The molecule has 6 nitrogen and oxygen atoms in total. The number of fused-ring (bicyclic) bond motifs is 1. The van der Waals surface area contributed by atoms with Gasteiger partial charge in [0.25, 0.3) is 5.91 Å². The quantitative estimate of drug-likeness (QED) is 0.769. The van der Waals surface area contributed by atoms with Crippen LogP contribution in [-0.2, 0) is 6.54 Å². The fraction of sp³-hybridized carbons (Fsp3) is 0.500. The SMILES string of the molecule is Nc1nc2c(c(N3CC(C(F)(F)F)C3)n1)C(=O)NC2. The van der Waals surface area contributed by atoms with E-state index in [4.69, 9.17) is 5.73 Å². The van der Waals surface area contributed by atoms with Crippen molar-refractivity contribution in [2.24, 2.45) is 5.92 Å². The van der Waals surface area contributed by atoms with Gasteiger partial charge < -0.3 is 16.0 Å². The highest BCUT2D eigenvalue weighted by Crippen LogP contribution is 2.37. The van der Waals surface area contributed by atoms with Crippen molar-refractivity contribution in [1.82, 2.24) is 15.3 Å². The van der Waals surface area contributed by atoms with Crippen LogP contribution in [0.3, 0.4) is 0 Å². The third kappa shape index (κ3) is 1.85. The Balaban J connectivity index is 1.90. The van der Waals surface area contributed by atoms with Crippen molar-refractivity contribution in [2.45, 2.75) is 12.7 Å². The number of nitrogen functional groups attached to an aromatic ring is 1. The summed E-state index contributed by atoms with van der Waals surface area (Å²) in [7, 11) is 0. The molecule has 0 atom stereocenters. The van der Waals surface area contributed by atoms with Gasteiger partial charge in [0, 0.05) is 13.1 Å². The molecule has 0 spiro atoms. The third-order valence-corrected chi connectivity index (χ3v) is 3.27. The second-order valence-electron chi connectivity index (χ2n) is 4.55. The number of carbonyl (C=O) groups excluding carboxylic acids is 1. The molecule has 0 saturated carbocycles. The second-order valence-corrected chi connectivity index (χ2v) is 4.55. The minimum absolute atomic E-state index is 0.0410. The highest BCUT2D eigenvalue weighted by Gasteiger charge is 2.48. The Bertz CT molecular complexity index is 553. The van der Waals surface area contributed by atoms with Crippen LogP contribution in [0, 0.1) is 5.92 Å². The second kappa shape index (κ2) is 3.72. The van der Waals surface area contributed by atoms with Crippen molar-refractivity contribution in [1.29, 1.82) is 0 Å². The molecule has 3 heterocycles. The summed E-state index contributed by atoms with van der Waals surface area (Å²) in [5.74, 6) is -1.61. The van der Waals surface area contributed by atoms with E-state index in [1.54, 1.807) is 0 Å². The number of carbonyl (C=O) groups is 1. The average Bonchev–Trinajstić information content (AvgIpc) is 2.55. The van der Waals surface area contributed by atoms with Gasteiger partial charge in [-0.1, -0.05) is 0 Å². The number of halogens is 3. The molecule has 2 aliphatic heterocycles. The van der Waals surface area contributed by atoms with Crippen molar-refractivity contribution in [3.8, 4) is 0 Å². The van der Waals surface area contributed by atoms with Gasteiger partial charge in [0.05, 0.1) is 18.2 Å². The Morgan fingerprint density at radius 3 is 2.63 bits per heavy atom. The van der Waals surface area contributed by atoms with Crippen molar-refractivity contribution in [2.75, 3.05) is 23.7 Å². The molecule has 1 saturated heterocycles. The Kier molecular flexibility index (Phi) is 2.35. The number of nitrogens with zero attached hydrogens (tertiary/aromatic N) is 3. The molecule has 3 N–H and O–H groups in total. The van der Waals surface area contributed by atoms with Gasteiger partial charge in [0.1, 0.15) is 11.4 Å². The van der Waals surface area contributed by atoms with E-state index in [1.807, 2.05) is 0 Å². The van der Waals surface area contributed by atoms with Gasteiger partial charge in [-0.2, -0.15) is 18.2 Å². The average molecular weight is 273 g/mol. The summed E-state index contributed by atoms with van der Waals surface area (Å²) < 4.78 is 37.4. The Morgan fingerprint density at radius 1 is 1.32 bits per heavy atom. The number of anilines is 2. The predicted octanol–water partition coefficient (Wildman–Crippen LogP) is 0.301. The number of alkyl halides is 3. The molecule has 1 aromatic heterocycles. The summed E-state index contributed by atoms with van der Waals surface area (Å²) in [6.07, 6.45) is -4.22. The molecule has 102 valence electrons. The normalized spacial score (nSPS) is 19.1. The molecule has 1 fully saturated rings. The van der Waals surface area contributed by atoms with E-state index in [0.717, 1.165) is 0 Å². The largest absolute Gasteiger partial charge is 0.395 e. The van der Waals surface area contributed by atoms with E-state index >= 15 is 0 Å². The lowest BCUT2D eigenvalue weighted by Crippen LogP contribution is -2.54. The first-order valence-electron chi connectivity index (χ1n) is 5.62. The highest BCUT2D eigenvalue weighted by molar-refractivity contribution is 6.02. The number of amides is 1. The minimum atomic E-state index is -4.22. The maximum atomic E-state index is 12.5. The molecule has 0 aromatic carbocycles. The topological polar surface area (TPSA) is 84.1 Å². The van der Waals surface area contributed by atoms with E-state index in [9.17, 15) is 18.0 Å². The van der Waals surface area contributed by atoms with Crippen molar-refractivity contribution < 1.29 is 18.0 Å². The molecule has 0 aliphatic carbocycles. The van der Waals surface area contributed by atoms with E-state index in [1.165, 1.54) is 4.90 Å². The molecule has 3 rings (SSSR count). The van der Waals surface area contributed by atoms with Crippen LogP contribution in [0.5, 0.6) is 0 Å². The number of aromatic nitrogens is 2. The number of hydrogen-bond donors (Lipinski definition) is 2. The van der Waals surface area contributed by atoms with Crippen LogP contribution >= 0.6 is 0 Å². The van der Waals surface area contributed by atoms with Gasteiger partial charge >= 0.3 is 6.18 Å². The maximum absolute atomic E-state index is 12.5. The van der Waals surface area contributed by atoms with Gasteiger partial charge in [-0.3, -0.25) is 4.79 Å². The van der Waals surface area contributed by atoms with E-state index in [-0.39, 0.29) is 42.9 Å². The van der Waals surface area contributed by atoms with Crippen molar-refractivity contribution >= 4 is 17.7 Å². The lowest BCUT2D eigenvalue weighted by Gasteiger charge is -2.41. The first-order chi connectivity index (χ1) is 8.86. The molecule has 1 amide bonds. The summed E-state index contributed by atoms with van der Waals surface area (Å²) in [6.45, 7) is -0.191. The van der Waals surface area contributed by atoms with Crippen molar-refractivity contribution in [3.63, 3.8) is 0 Å². The lowest BCUT2D eigenvalue weighted by molar-refractivity contribution is -0.180.